The van der Waals surface area contributed by atoms with Crippen molar-refractivity contribution in [2.45, 2.75) is 32.4 Å². The van der Waals surface area contributed by atoms with Crippen molar-refractivity contribution in [1.29, 1.82) is 0 Å². The van der Waals surface area contributed by atoms with Crippen LogP contribution in [0, 0.1) is 0 Å². The second-order valence-electron chi connectivity index (χ2n) is 4.96. The lowest BCUT2D eigenvalue weighted by Gasteiger charge is -2.27. The van der Waals surface area contributed by atoms with Crippen LogP contribution in [0.1, 0.15) is 30.6 Å². The van der Waals surface area contributed by atoms with Gasteiger partial charge in [0.1, 0.15) is 0 Å². The maximum atomic E-state index is 11.4. The molecule has 18 heavy (non-hydrogen) atoms. The molecule has 6 heteroatoms. The van der Waals surface area contributed by atoms with Crippen molar-refractivity contribution in [1.82, 2.24) is 14.7 Å². The van der Waals surface area contributed by atoms with Crippen molar-refractivity contribution >= 4 is 11.7 Å². The molecule has 2 aliphatic heterocycles. The first kappa shape index (κ1) is 11.5. The van der Waals surface area contributed by atoms with Crippen LogP contribution in [0.2, 0.25) is 0 Å². The highest BCUT2D eigenvalue weighted by molar-refractivity contribution is 5.73. The van der Waals surface area contributed by atoms with E-state index in [1.54, 1.807) is 6.92 Å². The zero-order valence-corrected chi connectivity index (χ0v) is 10.6. The van der Waals surface area contributed by atoms with E-state index in [2.05, 4.69) is 5.10 Å². The molecule has 6 nitrogen and oxygen atoms in total. The van der Waals surface area contributed by atoms with E-state index >= 15 is 0 Å². The van der Waals surface area contributed by atoms with Gasteiger partial charge in [0.15, 0.2) is 5.82 Å². The number of aromatic nitrogens is 2. The Kier molecular flexibility index (Phi) is 2.74. The molecule has 0 aliphatic carbocycles. The molecule has 0 radical (unpaired) electrons. The van der Waals surface area contributed by atoms with Crippen molar-refractivity contribution in [2.75, 3.05) is 25.5 Å². The molecule has 1 amide bonds. The molecule has 0 saturated carbocycles. The van der Waals surface area contributed by atoms with Crippen LogP contribution in [0.4, 0.5) is 5.82 Å². The number of nitrogens with two attached hydrogens (primary N) is 1. The number of amides is 1. The van der Waals surface area contributed by atoms with E-state index in [1.165, 1.54) is 5.69 Å². The Bertz CT molecular complexity index is 477. The summed E-state index contributed by atoms with van der Waals surface area (Å²) in [5, 5.41) is 4.44. The van der Waals surface area contributed by atoms with Gasteiger partial charge in [0, 0.05) is 37.8 Å². The SMILES string of the molecule is CC(=O)N1CCc2c(c(N)nn2C2CCOC2)C1. The molecule has 3 heterocycles. The van der Waals surface area contributed by atoms with Gasteiger partial charge in [-0.25, -0.2) is 0 Å². The summed E-state index contributed by atoms with van der Waals surface area (Å²) in [5.41, 5.74) is 8.18. The summed E-state index contributed by atoms with van der Waals surface area (Å²) in [4.78, 5) is 13.2. The number of rotatable bonds is 1. The summed E-state index contributed by atoms with van der Waals surface area (Å²) in [5.74, 6) is 0.653. The zero-order chi connectivity index (χ0) is 12.7. The molecule has 1 atom stereocenters. The first-order valence-electron chi connectivity index (χ1n) is 6.36. The number of nitrogen functional groups attached to an aromatic ring is 1. The largest absolute Gasteiger partial charge is 0.382 e. The minimum Gasteiger partial charge on any atom is -0.382 e. The normalized spacial score (nSPS) is 23.2. The predicted octanol–water partition coefficient (Wildman–Crippen LogP) is 0.331. The lowest BCUT2D eigenvalue weighted by Crippen LogP contribution is -2.35. The summed E-state index contributed by atoms with van der Waals surface area (Å²) in [7, 11) is 0. The summed E-state index contributed by atoms with van der Waals surface area (Å²) < 4.78 is 7.43. The highest BCUT2D eigenvalue weighted by Gasteiger charge is 2.29. The lowest BCUT2D eigenvalue weighted by atomic mass is 10.1. The number of carbonyl (C=O) groups excluding carboxylic acids is 1. The van der Waals surface area contributed by atoms with E-state index in [0.717, 1.165) is 31.6 Å². The number of fused-ring (bicyclic) bond motifs is 1. The fourth-order valence-corrected chi connectivity index (χ4v) is 2.76. The first-order valence-corrected chi connectivity index (χ1v) is 6.36. The van der Waals surface area contributed by atoms with E-state index in [4.69, 9.17) is 10.5 Å². The second-order valence-corrected chi connectivity index (χ2v) is 4.96. The molecule has 3 rings (SSSR count). The standard InChI is InChI=1S/C12H18N4O2/c1-8(17)15-4-2-11-10(6-15)12(13)14-16(11)9-3-5-18-7-9/h9H,2-7H2,1H3,(H2,13,14). The van der Waals surface area contributed by atoms with Gasteiger partial charge in [-0.05, 0) is 6.42 Å². The van der Waals surface area contributed by atoms with Gasteiger partial charge in [-0.3, -0.25) is 9.48 Å². The molecule has 1 aromatic rings. The van der Waals surface area contributed by atoms with Gasteiger partial charge in [0.25, 0.3) is 0 Å². The summed E-state index contributed by atoms with van der Waals surface area (Å²) in [6.07, 6.45) is 1.82. The Morgan fingerprint density at radius 1 is 1.56 bits per heavy atom. The fourth-order valence-electron chi connectivity index (χ4n) is 2.76. The molecular formula is C12H18N4O2. The van der Waals surface area contributed by atoms with Gasteiger partial charge in [-0.2, -0.15) is 5.10 Å². The van der Waals surface area contributed by atoms with Gasteiger partial charge in [0.05, 0.1) is 19.2 Å². The molecule has 2 N–H and O–H groups in total. The first-order chi connectivity index (χ1) is 8.66. The Labute approximate surface area is 106 Å². The maximum Gasteiger partial charge on any atom is 0.219 e. The van der Waals surface area contributed by atoms with Crippen molar-refractivity contribution in [3.8, 4) is 0 Å². The van der Waals surface area contributed by atoms with E-state index in [1.807, 2.05) is 9.58 Å². The number of hydrogen-bond donors (Lipinski definition) is 1. The topological polar surface area (TPSA) is 73.4 Å². The molecule has 2 aliphatic rings. The Morgan fingerprint density at radius 2 is 2.39 bits per heavy atom. The van der Waals surface area contributed by atoms with Crippen LogP contribution in [0.5, 0.6) is 0 Å². The van der Waals surface area contributed by atoms with Gasteiger partial charge in [-0.1, -0.05) is 0 Å². The number of nitrogens with zero attached hydrogens (tertiary/aromatic N) is 3. The van der Waals surface area contributed by atoms with E-state index in [0.29, 0.717) is 25.0 Å². The smallest absolute Gasteiger partial charge is 0.219 e. The number of ether oxygens (including phenoxy) is 1. The van der Waals surface area contributed by atoms with Gasteiger partial charge in [0.2, 0.25) is 5.91 Å². The molecule has 0 bridgehead atoms. The molecule has 1 saturated heterocycles. The summed E-state index contributed by atoms with van der Waals surface area (Å²) in [6.45, 7) is 4.43. The molecule has 0 aromatic carbocycles. The Morgan fingerprint density at radius 3 is 3.06 bits per heavy atom. The van der Waals surface area contributed by atoms with Crippen molar-refractivity contribution in [3.05, 3.63) is 11.3 Å². The molecule has 1 aromatic heterocycles. The van der Waals surface area contributed by atoms with Crippen LogP contribution in [0.15, 0.2) is 0 Å². The molecule has 1 fully saturated rings. The van der Waals surface area contributed by atoms with Crippen LogP contribution >= 0.6 is 0 Å². The maximum absolute atomic E-state index is 11.4. The number of anilines is 1. The highest BCUT2D eigenvalue weighted by atomic mass is 16.5. The van der Waals surface area contributed by atoms with Crippen LogP contribution in [-0.2, 0) is 22.5 Å². The third kappa shape index (κ3) is 1.77. The third-order valence-corrected chi connectivity index (χ3v) is 3.81. The Balaban J connectivity index is 1.92. The molecule has 1 unspecified atom stereocenters. The van der Waals surface area contributed by atoms with Crippen LogP contribution in [0.25, 0.3) is 0 Å². The van der Waals surface area contributed by atoms with Gasteiger partial charge >= 0.3 is 0 Å². The van der Waals surface area contributed by atoms with Crippen LogP contribution in [0.3, 0.4) is 0 Å². The van der Waals surface area contributed by atoms with Crippen LogP contribution < -0.4 is 5.73 Å². The van der Waals surface area contributed by atoms with E-state index in [9.17, 15) is 4.79 Å². The van der Waals surface area contributed by atoms with E-state index in [-0.39, 0.29) is 5.91 Å². The quantitative estimate of drug-likeness (QED) is 0.779. The average Bonchev–Trinajstić information content (AvgIpc) is 2.97. The molecule has 0 spiro atoms. The third-order valence-electron chi connectivity index (χ3n) is 3.81. The predicted molar refractivity (Wildman–Crippen MR) is 65.9 cm³/mol. The lowest BCUT2D eigenvalue weighted by molar-refractivity contribution is -0.129. The van der Waals surface area contributed by atoms with Gasteiger partial charge in [-0.15, -0.1) is 0 Å². The van der Waals surface area contributed by atoms with Gasteiger partial charge < -0.3 is 15.4 Å². The number of carbonyl (C=O) groups is 1. The van der Waals surface area contributed by atoms with Crippen LogP contribution in [-0.4, -0.2) is 40.3 Å². The molecule has 98 valence electrons. The van der Waals surface area contributed by atoms with Crippen molar-refractivity contribution in [3.63, 3.8) is 0 Å². The summed E-state index contributed by atoms with van der Waals surface area (Å²) >= 11 is 0. The number of hydrogen-bond acceptors (Lipinski definition) is 4. The summed E-state index contributed by atoms with van der Waals surface area (Å²) in [6, 6.07) is 0.305. The second kappa shape index (κ2) is 4.28. The minimum absolute atomic E-state index is 0.0944. The van der Waals surface area contributed by atoms with E-state index < -0.39 is 0 Å². The fraction of sp³-hybridized carbons (Fsp3) is 0.667. The monoisotopic (exact) mass is 250 g/mol. The highest BCUT2D eigenvalue weighted by Crippen LogP contribution is 2.29. The van der Waals surface area contributed by atoms with Crippen molar-refractivity contribution < 1.29 is 9.53 Å². The zero-order valence-electron chi connectivity index (χ0n) is 10.6. The van der Waals surface area contributed by atoms with Crippen molar-refractivity contribution in [2.24, 2.45) is 0 Å². The minimum atomic E-state index is 0.0944. The average molecular weight is 250 g/mol. The molecular weight excluding hydrogens is 232 g/mol. The Hall–Kier alpha value is -1.56.